The molecule has 1 aromatic rings. The zero-order valence-corrected chi connectivity index (χ0v) is 19.5. The molecular formula is C23H33N3O4S. The fraction of sp³-hybridized carbons (Fsp3) is 0.565. The van der Waals surface area contributed by atoms with Crippen LogP contribution in [-0.4, -0.2) is 61.9 Å². The highest BCUT2D eigenvalue weighted by Crippen LogP contribution is 2.40. The standard InChI is InChI=1S/C23H33N3O4S/c1-4-11-19-22-20(26(23(19)28)31(3,29)30)15-17-25(22)21(27)14-9-6-10-16-24(2)18-12-7-5-8-13-18/h5,7-8,12-13,15,19,22H,4,6,9-11,14,16-17H2,1-3H3/t19-,22-/m1/s1. The second-order valence-electron chi connectivity index (χ2n) is 8.45. The van der Waals surface area contributed by atoms with Crippen molar-refractivity contribution in [2.24, 2.45) is 5.92 Å². The van der Waals surface area contributed by atoms with E-state index < -0.39 is 27.9 Å². The lowest BCUT2D eigenvalue weighted by Crippen LogP contribution is -2.41. The number of hydrogen-bond acceptors (Lipinski definition) is 5. The molecule has 31 heavy (non-hydrogen) atoms. The van der Waals surface area contributed by atoms with Gasteiger partial charge < -0.3 is 9.80 Å². The molecule has 1 aromatic carbocycles. The van der Waals surface area contributed by atoms with Crippen LogP contribution in [0, 0.1) is 5.92 Å². The van der Waals surface area contributed by atoms with Crippen molar-refractivity contribution < 1.29 is 18.0 Å². The van der Waals surface area contributed by atoms with Crippen LogP contribution in [0.1, 0.15) is 45.4 Å². The predicted molar refractivity (Wildman–Crippen MR) is 122 cm³/mol. The van der Waals surface area contributed by atoms with Gasteiger partial charge in [0.15, 0.2) is 0 Å². The van der Waals surface area contributed by atoms with Crippen molar-refractivity contribution >= 4 is 27.5 Å². The van der Waals surface area contributed by atoms with Gasteiger partial charge in [0.2, 0.25) is 21.8 Å². The van der Waals surface area contributed by atoms with E-state index in [1.165, 1.54) is 5.69 Å². The molecule has 2 amide bonds. The summed E-state index contributed by atoms with van der Waals surface area (Å²) in [4.78, 5) is 29.6. The van der Waals surface area contributed by atoms with E-state index in [1.54, 1.807) is 11.0 Å². The van der Waals surface area contributed by atoms with Crippen molar-refractivity contribution in [3.05, 3.63) is 42.1 Å². The SMILES string of the molecule is CCC[C@H]1C(=O)N(S(C)(=O)=O)C2=CCN(C(=O)CCCCCN(C)c3ccccc3)[C@@H]21. The summed E-state index contributed by atoms with van der Waals surface area (Å²) in [6, 6.07) is 9.76. The summed E-state index contributed by atoms with van der Waals surface area (Å²) in [6.45, 7) is 3.26. The molecule has 2 aliphatic heterocycles. The number of fused-ring (bicyclic) bond motifs is 1. The fourth-order valence-electron chi connectivity index (χ4n) is 4.59. The maximum absolute atomic E-state index is 12.9. The molecule has 2 aliphatic rings. The first-order valence-electron chi connectivity index (χ1n) is 11.1. The smallest absolute Gasteiger partial charge is 0.246 e. The van der Waals surface area contributed by atoms with Crippen LogP contribution in [0.25, 0.3) is 0 Å². The number of para-hydroxylation sites is 1. The molecule has 2 heterocycles. The highest BCUT2D eigenvalue weighted by Gasteiger charge is 2.53. The number of benzene rings is 1. The topological polar surface area (TPSA) is 78.0 Å². The summed E-state index contributed by atoms with van der Waals surface area (Å²) in [5, 5.41) is 0. The molecule has 7 nitrogen and oxygen atoms in total. The highest BCUT2D eigenvalue weighted by molar-refractivity contribution is 7.89. The van der Waals surface area contributed by atoms with Crippen LogP contribution in [0.3, 0.4) is 0 Å². The van der Waals surface area contributed by atoms with Crippen molar-refractivity contribution in [3.8, 4) is 0 Å². The summed E-state index contributed by atoms with van der Waals surface area (Å²) in [7, 11) is -1.62. The minimum Gasteiger partial charge on any atom is -0.375 e. The molecule has 1 saturated heterocycles. The normalized spacial score (nSPS) is 20.7. The molecule has 2 atom stereocenters. The van der Waals surface area contributed by atoms with Gasteiger partial charge in [-0.25, -0.2) is 12.7 Å². The molecular weight excluding hydrogens is 414 g/mol. The van der Waals surface area contributed by atoms with Crippen molar-refractivity contribution in [3.63, 3.8) is 0 Å². The van der Waals surface area contributed by atoms with E-state index in [0.29, 0.717) is 25.1 Å². The van der Waals surface area contributed by atoms with Crippen LogP contribution >= 0.6 is 0 Å². The first-order valence-corrected chi connectivity index (χ1v) is 12.9. The van der Waals surface area contributed by atoms with Crippen LogP contribution in [-0.2, 0) is 19.6 Å². The number of anilines is 1. The van der Waals surface area contributed by atoms with Gasteiger partial charge in [0.25, 0.3) is 0 Å². The Kier molecular flexibility index (Phi) is 7.41. The van der Waals surface area contributed by atoms with Gasteiger partial charge >= 0.3 is 0 Å². The summed E-state index contributed by atoms with van der Waals surface area (Å²) in [6.07, 6.45) is 7.23. The van der Waals surface area contributed by atoms with Gasteiger partial charge in [0, 0.05) is 32.2 Å². The molecule has 1 fully saturated rings. The summed E-state index contributed by atoms with van der Waals surface area (Å²) in [5.74, 6) is -0.879. The molecule has 0 unspecified atom stereocenters. The molecule has 0 saturated carbocycles. The summed E-state index contributed by atoms with van der Waals surface area (Å²) >= 11 is 0. The maximum atomic E-state index is 12.9. The number of hydrogen-bond donors (Lipinski definition) is 0. The van der Waals surface area contributed by atoms with Crippen LogP contribution in [0.2, 0.25) is 0 Å². The van der Waals surface area contributed by atoms with E-state index in [1.807, 2.05) is 25.1 Å². The number of carbonyl (C=O) groups is 2. The minimum absolute atomic E-state index is 0.00285. The van der Waals surface area contributed by atoms with Gasteiger partial charge in [-0.3, -0.25) is 9.59 Å². The van der Waals surface area contributed by atoms with E-state index in [-0.39, 0.29) is 5.91 Å². The predicted octanol–water partition coefficient (Wildman–Crippen LogP) is 3.00. The molecule has 0 spiro atoms. The molecule has 0 aliphatic carbocycles. The summed E-state index contributed by atoms with van der Waals surface area (Å²) in [5.41, 5.74) is 1.64. The Balaban J connectivity index is 1.52. The van der Waals surface area contributed by atoms with Crippen LogP contribution in [0.15, 0.2) is 42.1 Å². The van der Waals surface area contributed by atoms with Gasteiger partial charge in [0.1, 0.15) is 0 Å². The third kappa shape index (κ3) is 5.11. The molecule has 3 rings (SSSR count). The first-order chi connectivity index (χ1) is 14.8. The Labute approximate surface area is 185 Å². The Morgan fingerprint density at radius 3 is 2.52 bits per heavy atom. The Bertz CT molecular complexity index is 929. The molecule has 0 radical (unpaired) electrons. The second-order valence-corrected chi connectivity index (χ2v) is 10.3. The van der Waals surface area contributed by atoms with Crippen molar-refractivity contribution in [1.29, 1.82) is 0 Å². The Hall–Kier alpha value is -2.35. The van der Waals surface area contributed by atoms with Gasteiger partial charge in [-0.05, 0) is 37.5 Å². The van der Waals surface area contributed by atoms with Gasteiger partial charge in [-0.15, -0.1) is 0 Å². The lowest BCUT2D eigenvalue weighted by Gasteiger charge is -2.27. The average molecular weight is 448 g/mol. The monoisotopic (exact) mass is 447 g/mol. The Morgan fingerprint density at radius 1 is 1.16 bits per heavy atom. The van der Waals surface area contributed by atoms with E-state index in [2.05, 4.69) is 24.1 Å². The van der Waals surface area contributed by atoms with Gasteiger partial charge in [0.05, 0.1) is 23.9 Å². The van der Waals surface area contributed by atoms with Crippen LogP contribution in [0.4, 0.5) is 5.69 Å². The van der Waals surface area contributed by atoms with E-state index >= 15 is 0 Å². The van der Waals surface area contributed by atoms with Crippen molar-refractivity contribution in [2.45, 2.75) is 51.5 Å². The minimum atomic E-state index is -3.69. The highest BCUT2D eigenvalue weighted by atomic mass is 32.2. The molecule has 170 valence electrons. The van der Waals surface area contributed by atoms with Gasteiger partial charge in [-0.2, -0.15) is 0 Å². The fourth-order valence-corrected chi connectivity index (χ4v) is 5.61. The third-order valence-electron chi connectivity index (χ3n) is 6.10. The number of sulfonamides is 1. The maximum Gasteiger partial charge on any atom is 0.246 e. The number of unbranched alkanes of at least 4 members (excludes halogenated alkanes) is 2. The van der Waals surface area contributed by atoms with Gasteiger partial charge in [-0.1, -0.05) is 38.0 Å². The lowest BCUT2D eigenvalue weighted by atomic mass is 9.96. The molecule has 8 heteroatoms. The van der Waals surface area contributed by atoms with Crippen molar-refractivity contribution in [1.82, 2.24) is 9.21 Å². The number of amides is 2. The third-order valence-corrected chi connectivity index (χ3v) is 7.16. The largest absolute Gasteiger partial charge is 0.375 e. The second kappa shape index (κ2) is 9.85. The van der Waals surface area contributed by atoms with Crippen molar-refractivity contribution in [2.75, 3.05) is 31.3 Å². The van der Waals surface area contributed by atoms with Crippen LogP contribution in [0.5, 0.6) is 0 Å². The van der Waals surface area contributed by atoms with E-state index in [4.69, 9.17) is 0 Å². The lowest BCUT2D eigenvalue weighted by molar-refractivity contribution is -0.133. The molecule has 0 N–H and O–H groups in total. The first kappa shape index (κ1) is 23.3. The summed E-state index contributed by atoms with van der Waals surface area (Å²) < 4.78 is 25.3. The number of rotatable bonds is 10. The molecule has 0 aromatic heterocycles. The average Bonchev–Trinajstić information content (AvgIpc) is 3.26. The zero-order chi connectivity index (χ0) is 22.6. The number of carbonyl (C=O) groups excluding carboxylic acids is 2. The van der Waals surface area contributed by atoms with Crippen LogP contribution < -0.4 is 4.90 Å². The molecule has 0 bridgehead atoms. The van der Waals surface area contributed by atoms with E-state index in [9.17, 15) is 18.0 Å². The quantitative estimate of drug-likeness (QED) is 0.515. The van der Waals surface area contributed by atoms with E-state index in [0.717, 1.165) is 42.8 Å². The Morgan fingerprint density at radius 2 is 1.87 bits per heavy atom. The zero-order valence-electron chi connectivity index (χ0n) is 18.7. The number of nitrogens with zero attached hydrogens (tertiary/aromatic N) is 3.